The van der Waals surface area contributed by atoms with Gasteiger partial charge in [-0.05, 0) is 34.5 Å². The third-order valence-corrected chi connectivity index (χ3v) is 5.25. The van der Waals surface area contributed by atoms with Gasteiger partial charge in [-0.15, -0.1) is 0 Å². The molecule has 1 atom stereocenters. The standard InChI is InChI=1S/C11H9BrF2O3S/c12-8-4-9(13)7(3-10(8)14)11(15)6-1-2-18(16,17)5-6/h3-4,6H,1-2,5H2. The number of rotatable bonds is 2. The maximum Gasteiger partial charge on any atom is 0.170 e. The SMILES string of the molecule is O=C(c1cc(F)c(Br)cc1F)C1CCS(=O)(=O)C1. The molecule has 0 saturated carbocycles. The molecule has 1 aliphatic heterocycles. The zero-order chi connectivity index (χ0) is 13.5. The van der Waals surface area contributed by atoms with Crippen LogP contribution in [0.2, 0.25) is 0 Å². The molecule has 0 spiro atoms. The molecular weight excluding hydrogens is 330 g/mol. The predicted molar refractivity (Wildman–Crippen MR) is 65.1 cm³/mol. The van der Waals surface area contributed by atoms with Crippen molar-refractivity contribution in [1.29, 1.82) is 0 Å². The van der Waals surface area contributed by atoms with Crippen LogP contribution in [0.1, 0.15) is 16.8 Å². The number of halogens is 3. The van der Waals surface area contributed by atoms with E-state index in [2.05, 4.69) is 15.9 Å². The molecule has 98 valence electrons. The second-order valence-corrected chi connectivity index (χ2v) is 7.29. The van der Waals surface area contributed by atoms with Crippen molar-refractivity contribution in [2.45, 2.75) is 6.42 Å². The molecule has 1 unspecified atom stereocenters. The fourth-order valence-corrected chi connectivity index (χ4v) is 3.99. The van der Waals surface area contributed by atoms with Crippen molar-refractivity contribution in [2.24, 2.45) is 5.92 Å². The first-order valence-electron chi connectivity index (χ1n) is 5.19. The Labute approximate surface area is 111 Å². The summed E-state index contributed by atoms with van der Waals surface area (Å²) in [6.07, 6.45) is 0.165. The van der Waals surface area contributed by atoms with Gasteiger partial charge in [0.05, 0.1) is 21.5 Å². The molecule has 0 aliphatic carbocycles. The van der Waals surface area contributed by atoms with Gasteiger partial charge < -0.3 is 0 Å². The molecule has 7 heteroatoms. The average Bonchev–Trinajstić information content (AvgIpc) is 2.63. The highest BCUT2D eigenvalue weighted by molar-refractivity contribution is 9.10. The zero-order valence-corrected chi connectivity index (χ0v) is 11.5. The number of Topliss-reactive ketones (excluding diaryl/α,β-unsaturated/α-hetero) is 1. The first-order chi connectivity index (χ1) is 8.30. The highest BCUT2D eigenvalue weighted by Gasteiger charge is 2.34. The highest BCUT2D eigenvalue weighted by Crippen LogP contribution is 2.26. The van der Waals surface area contributed by atoms with Crippen molar-refractivity contribution < 1.29 is 22.0 Å². The number of carbonyl (C=O) groups excluding carboxylic acids is 1. The van der Waals surface area contributed by atoms with Gasteiger partial charge in [-0.25, -0.2) is 17.2 Å². The number of hydrogen-bond donors (Lipinski definition) is 0. The Hall–Kier alpha value is -0.820. The van der Waals surface area contributed by atoms with Gasteiger partial charge in [0.15, 0.2) is 15.6 Å². The lowest BCUT2D eigenvalue weighted by molar-refractivity contribution is 0.0928. The lowest BCUT2D eigenvalue weighted by atomic mass is 9.97. The summed E-state index contributed by atoms with van der Waals surface area (Å²) in [6, 6.07) is 1.67. The highest BCUT2D eigenvalue weighted by atomic mass is 79.9. The molecule has 18 heavy (non-hydrogen) atoms. The van der Waals surface area contributed by atoms with Gasteiger partial charge in [0, 0.05) is 5.92 Å². The fraction of sp³-hybridized carbons (Fsp3) is 0.364. The summed E-state index contributed by atoms with van der Waals surface area (Å²) in [4.78, 5) is 11.9. The van der Waals surface area contributed by atoms with Crippen molar-refractivity contribution >= 4 is 31.6 Å². The van der Waals surface area contributed by atoms with Crippen LogP contribution in [-0.2, 0) is 9.84 Å². The van der Waals surface area contributed by atoms with E-state index in [1.165, 1.54) is 0 Å². The van der Waals surface area contributed by atoms with E-state index in [-0.39, 0.29) is 22.4 Å². The van der Waals surface area contributed by atoms with E-state index in [1.54, 1.807) is 0 Å². The Morgan fingerprint density at radius 3 is 2.50 bits per heavy atom. The van der Waals surface area contributed by atoms with Crippen LogP contribution in [0.3, 0.4) is 0 Å². The topological polar surface area (TPSA) is 51.2 Å². The number of hydrogen-bond acceptors (Lipinski definition) is 3. The van der Waals surface area contributed by atoms with Gasteiger partial charge in [0.25, 0.3) is 0 Å². The van der Waals surface area contributed by atoms with E-state index in [4.69, 9.17) is 0 Å². The summed E-state index contributed by atoms with van der Waals surface area (Å²) in [6.45, 7) is 0. The van der Waals surface area contributed by atoms with Gasteiger partial charge >= 0.3 is 0 Å². The van der Waals surface area contributed by atoms with E-state index in [0.29, 0.717) is 0 Å². The molecule has 1 fully saturated rings. The Morgan fingerprint density at radius 1 is 1.28 bits per heavy atom. The van der Waals surface area contributed by atoms with Crippen LogP contribution in [0.5, 0.6) is 0 Å². The lowest BCUT2D eigenvalue weighted by Gasteiger charge is -2.08. The summed E-state index contributed by atoms with van der Waals surface area (Å²) >= 11 is 2.81. The average molecular weight is 339 g/mol. The normalized spacial score (nSPS) is 22.1. The Balaban J connectivity index is 2.33. The molecule has 0 N–H and O–H groups in total. The summed E-state index contributed by atoms with van der Waals surface area (Å²) in [5.41, 5.74) is -0.391. The van der Waals surface area contributed by atoms with Gasteiger partial charge in [-0.1, -0.05) is 0 Å². The molecule has 2 rings (SSSR count). The number of sulfone groups is 1. The quantitative estimate of drug-likeness (QED) is 0.614. The molecule has 1 heterocycles. The predicted octanol–water partition coefficient (Wildman–Crippen LogP) is 2.34. The van der Waals surface area contributed by atoms with Crippen molar-refractivity contribution in [3.8, 4) is 0 Å². The molecule has 1 aliphatic rings. The van der Waals surface area contributed by atoms with E-state index in [9.17, 15) is 22.0 Å². The van der Waals surface area contributed by atoms with E-state index < -0.39 is 38.7 Å². The van der Waals surface area contributed by atoms with Crippen LogP contribution < -0.4 is 0 Å². The summed E-state index contributed by atoms with van der Waals surface area (Å²) in [5.74, 6) is -3.39. The number of benzene rings is 1. The smallest absolute Gasteiger partial charge is 0.170 e. The Bertz CT molecular complexity index is 613. The molecule has 1 saturated heterocycles. The molecule has 1 aromatic carbocycles. The molecule has 0 amide bonds. The molecule has 0 aromatic heterocycles. The van der Waals surface area contributed by atoms with E-state index in [1.807, 2.05) is 0 Å². The molecule has 0 radical (unpaired) electrons. The third-order valence-electron chi connectivity index (χ3n) is 2.88. The van der Waals surface area contributed by atoms with Crippen molar-refractivity contribution in [2.75, 3.05) is 11.5 Å². The van der Waals surface area contributed by atoms with Crippen LogP contribution in [-0.4, -0.2) is 25.7 Å². The largest absolute Gasteiger partial charge is 0.294 e. The van der Waals surface area contributed by atoms with Gasteiger partial charge in [-0.3, -0.25) is 4.79 Å². The van der Waals surface area contributed by atoms with Crippen LogP contribution in [0.15, 0.2) is 16.6 Å². The van der Waals surface area contributed by atoms with Crippen molar-refractivity contribution in [3.05, 3.63) is 33.8 Å². The minimum absolute atomic E-state index is 0.0735. The maximum atomic E-state index is 13.6. The molecule has 1 aromatic rings. The third kappa shape index (κ3) is 2.61. The fourth-order valence-electron chi connectivity index (χ4n) is 1.93. The van der Waals surface area contributed by atoms with Gasteiger partial charge in [0.2, 0.25) is 0 Å². The minimum Gasteiger partial charge on any atom is -0.294 e. The lowest BCUT2D eigenvalue weighted by Crippen LogP contribution is -2.17. The Kier molecular flexibility index (Phi) is 3.55. The monoisotopic (exact) mass is 338 g/mol. The first kappa shape index (κ1) is 13.6. The number of carbonyl (C=O) groups is 1. The van der Waals surface area contributed by atoms with Gasteiger partial charge in [-0.2, -0.15) is 0 Å². The zero-order valence-electron chi connectivity index (χ0n) is 9.12. The summed E-state index contributed by atoms with van der Waals surface area (Å²) in [7, 11) is -3.23. The van der Waals surface area contributed by atoms with Crippen molar-refractivity contribution in [1.82, 2.24) is 0 Å². The van der Waals surface area contributed by atoms with E-state index >= 15 is 0 Å². The number of ketones is 1. The van der Waals surface area contributed by atoms with Crippen LogP contribution in [0, 0.1) is 17.6 Å². The molecule has 0 bridgehead atoms. The maximum absolute atomic E-state index is 13.6. The van der Waals surface area contributed by atoms with Gasteiger partial charge in [0.1, 0.15) is 11.6 Å². The Morgan fingerprint density at radius 2 is 1.94 bits per heavy atom. The van der Waals surface area contributed by atoms with E-state index in [0.717, 1.165) is 12.1 Å². The second-order valence-electron chi connectivity index (χ2n) is 4.21. The molecule has 3 nitrogen and oxygen atoms in total. The second kappa shape index (κ2) is 4.70. The van der Waals surface area contributed by atoms with Crippen LogP contribution in [0.4, 0.5) is 8.78 Å². The summed E-state index contributed by atoms with van der Waals surface area (Å²) in [5, 5.41) is 0. The van der Waals surface area contributed by atoms with Crippen molar-refractivity contribution in [3.63, 3.8) is 0 Å². The molecular formula is C11H9BrF2O3S. The van der Waals surface area contributed by atoms with Crippen LogP contribution in [0.25, 0.3) is 0 Å². The van der Waals surface area contributed by atoms with Crippen LogP contribution >= 0.6 is 15.9 Å². The summed E-state index contributed by atoms with van der Waals surface area (Å²) < 4.78 is 49.3. The first-order valence-corrected chi connectivity index (χ1v) is 7.81. The minimum atomic E-state index is -3.23.